The van der Waals surface area contributed by atoms with Crippen LogP contribution in [0.5, 0.6) is 5.75 Å². The van der Waals surface area contributed by atoms with Crippen molar-refractivity contribution < 1.29 is 19.0 Å². The van der Waals surface area contributed by atoms with Crippen molar-refractivity contribution in [1.82, 2.24) is 4.90 Å². The van der Waals surface area contributed by atoms with Crippen LogP contribution >= 0.6 is 0 Å². The topological polar surface area (TPSA) is 48.0 Å². The zero-order chi connectivity index (χ0) is 17.6. The molecule has 0 aliphatic carbocycles. The van der Waals surface area contributed by atoms with Gasteiger partial charge in [-0.3, -0.25) is 4.79 Å². The van der Waals surface area contributed by atoms with Crippen LogP contribution in [0.4, 0.5) is 0 Å². The van der Waals surface area contributed by atoms with Gasteiger partial charge in [0, 0.05) is 33.4 Å². The number of hydrogen-bond acceptors (Lipinski definition) is 4. The molecule has 0 saturated carbocycles. The Morgan fingerprint density at radius 3 is 2.42 bits per heavy atom. The molecule has 0 aliphatic heterocycles. The number of carbonyl (C=O) groups excluding carboxylic acids is 1. The summed E-state index contributed by atoms with van der Waals surface area (Å²) in [5, 5.41) is 0. The van der Waals surface area contributed by atoms with E-state index >= 15 is 0 Å². The van der Waals surface area contributed by atoms with Gasteiger partial charge in [-0.15, -0.1) is 0 Å². The number of rotatable bonds is 13. The second-order valence-corrected chi connectivity index (χ2v) is 5.73. The molecule has 1 amide bonds. The van der Waals surface area contributed by atoms with Crippen molar-refractivity contribution in [3.63, 3.8) is 0 Å². The molecule has 0 N–H and O–H groups in total. The Morgan fingerprint density at radius 1 is 1.04 bits per heavy atom. The van der Waals surface area contributed by atoms with Crippen LogP contribution in [0.2, 0.25) is 0 Å². The lowest BCUT2D eigenvalue weighted by molar-refractivity contribution is -0.133. The van der Waals surface area contributed by atoms with Crippen LogP contribution in [-0.4, -0.2) is 51.4 Å². The van der Waals surface area contributed by atoms with E-state index in [0.717, 1.165) is 37.1 Å². The molecule has 5 heteroatoms. The second kappa shape index (κ2) is 12.8. The van der Waals surface area contributed by atoms with Gasteiger partial charge in [0.25, 0.3) is 0 Å². The van der Waals surface area contributed by atoms with Gasteiger partial charge in [-0.1, -0.05) is 25.5 Å². The Morgan fingerprint density at radius 2 is 1.79 bits per heavy atom. The molecule has 0 heterocycles. The van der Waals surface area contributed by atoms with Crippen molar-refractivity contribution >= 4 is 5.91 Å². The Kier molecular flexibility index (Phi) is 10.9. The molecule has 0 aliphatic rings. The van der Waals surface area contributed by atoms with Crippen LogP contribution in [0, 0.1) is 0 Å². The number of amides is 1. The van der Waals surface area contributed by atoms with Gasteiger partial charge < -0.3 is 19.1 Å². The lowest BCUT2D eigenvalue weighted by atomic mass is 10.2. The predicted molar refractivity (Wildman–Crippen MR) is 95.2 cm³/mol. The van der Waals surface area contributed by atoms with Crippen LogP contribution in [0.15, 0.2) is 24.3 Å². The highest BCUT2D eigenvalue weighted by Gasteiger charge is 2.13. The van der Waals surface area contributed by atoms with Crippen molar-refractivity contribution in [2.24, 2.45) is 0 Å². The third-order valence-electron chi connectivity index (χ3n) is 3.76. The van der Waals surface area contributed by atoms with E-state index in [0.29, 0.717) is 32.8 Å². The van der Waals surface area contributed by atoms with E-state index in [1.807, 2.05) is 29.2 Å². The summed E-state index contributed by atoms with van der Waals surface area (Å²) in [6.45, 7) is 5.34. The predicted octanol–water partition coefficient (Wildman–Crippen LogP) is 3.27. The molecule has 0 spiro atoms. The highest BCUT2D eigenvalue weighted by Crippen LogP contribution is 2.14. The lowest BCUT2D eigenvalue weighted by Crippen LogP contribution is -2.32. The number of methoxy groups -OCH3 is 2. The molecule has 0 bridgehead atoms. The van der Waals surface area contributed by atoms with E-state index in [-0.39, 0.29) is 5.91 Å². The minimum Gasteiger partial charge on any atom is -0.497 e. The molecular formula is C19H31NO4. The largest absolute Gasteiger partial charge is 0.497 e. The maximum atomic E-state index is 12.5. The average Bonchev–Trinajstić information content (AvgIpc) is 2.61. The summed E-state index contributed by atoms with van der Waals surface area (Å²) in [4.78, 5) is 14.4. The quantitative estimate of drug-likeness (QED) is 0.518. The van der Waals surface area contributed by atoms with E-state index in [2.05, 4.69) is 6.92 Å². The highest BCUT2D eigenvalue weighted by molar-refractivity contribution is 5.76. The number of carbonyl (C=O) groups is 1. The minimum absolute atomic E-state index is 0.144. The maximum absolute atomic E-state index is 12.5. The van der Waals surface area contributed by atoms with Crippen molar-refractivity contribution in [3.8, 4) is 5.75 Å². The van der Waals surface area contributed by atoms with Gasteiger partial charge in [0.1, 0.15) is 5.75 Å². The fraction of sp³-hybridized carbons (Fsp3) is 0.632. The standard InChI is InChI=1S/C19H31NO4/c1-4-5-12-20(16-17-7-9-18(23-3)10-8-17)19(21)11-15-24-14-6-13-22-2/h7-10H,4-6,11-16H2,1-3H3. The van der Waals surface area contributed by atoms with Gasteiger partial charge in [0.2, 0.25) is 5.91 Å². The summed E-state index contributed by atoms with van der Waals surface area (Å²) < 4.78 is 15.6. The molecular weight excluding hydrogens is 306 g/mol. The average molecular weight is 337 g/mol. The molecule has 0 atom stereocenters. The van der Waals surface area contributed by atoms with Gasteiger partial charge >= 0.3 is 0 Å². The molecule has 136 valence electrons. The molecule has 0 radical (unpaired) electrons. The van der Waals surface area contributed by atoms with Crippen LogP contribution in [0.3, 0.4) is 0 Å². The Labute approximate surface area is 145 Å². The van der Waals surface area contributed by atoms with Gasteiger partial charge in [-0.25, -0.2) is 0 Å². The van der Waals surface area contributed by atoms with Crippen LogP contribution in [0.1, 0.15) is 38.2 Å². The summed E-state index contributed by atoms with van der Waals surface area (Å²) >= 11 is 0. The molecule has 0 saturated heterocycles. The van der Waals surface area contributed by atoms with Crippen LogP contribution in [-0.2, 0) is 20.8 Å². The summed E-state index contributed by atoms with van der Waals surface area (Å²) in [7, 11) is 3.33. The number of hydrogen-bond donors (Lipinski definition) is 0. The SMILES string of the molecule is CCCCN(Cc1ccc(OC)cc1)C(=O)CCOCCCOC. The van der Waals surface area contributed by atoms with Gasteiger partial charge in [-0.2, -0.15) is 0 Å². The summed E-state index contributed by atoms with van der Waals surface area (Å²) in [6, 6.07) is 7.87. The van der Waals surface area contributed by atoms with E-state index in [1.54, 1.807) is 14.2 Å². The molecule has 5 nitrogen and oxygen atoms in total. The monoisotopic (exact) mass is 337 g/mol. The van der Waals surface area contributed by atoms with Gasteiger partial charge in [0.05, 0.1) is 20.1 Å². The molecule has 0 fully saturated rings. The third kappa shape index (κ3) is 8.31. The lowest BCUT2D eigenvalue weighted by Gasteiger charge is -2.23. The zero-order valence-electron chi connectivity index (χ0n) is 15.3. The maximum Gasteiger partial charge on any atom is 0.225 e. The van der Waals surface area contributed by atoms with E-state index in [9.17, 15) is 4.79 Å². The first-order valence-electron chi connectivity index (χ1n) is 8.68. The number of unbranched alkanes of at least 4 members (excludes halogenated alkanes) is 1. The van der Waals surface area contributed by atoms with E-state index < -0.39 is 0 Å². The first-order chi connectivity index (χ1) is 11.7. The molecule has 1 aromatic rings. The van der Waals surface area contributed by atoms with Crippen molar-refractivity contribution in [2.45, 2.75) is 39.2 Å². The number of benzene rings is 1. The van der Waals surface area contributed by atoms with Crippen molar-refractivity contribution in [3.05, 3.63) is 29.8 Å². The van der Waals surface area contributed by atoms with Crippen LogP contribution in [0.25, 0.3) is 0 Å². The Hall–Kier alpha value is -1.59. The third-order valence-corrected chi connectivity index (χ3v) is 3.76. The summed E-state index contributed by atoms with van der Waals surface area (Å²) in [5.74, 6) is 0.973. The fourth-order valence-corrected chi connectivity index (χ4v) is 2.32. The first-order valence-corrected chi connectivity index (χ1v) is 8.68. The van der Waals surface area contributed by atoms with E-state index in [4.69, 9.17) is 14.2 Å². The Balaban J connectivity index is 2.45. The van der Waals surface area contributed by atoms with Gasteiger partial charge in [-0.05, 0) is 30.5 Å². The fourth-order valence-electron chi connectivity index (χ4n) is 2.32. The molecule has 24 heavy (non-hydrogen) atoms. The molecule has 0 unspecified atom stereocenters. The zero-order valence-corrected chi connectivity index (χ0v) is 15.3. The number of nitrogens with zero attached hydrogens (tertiary/aromatic N) is 1. The second-order valence-electron chi connectivity index (χ2n) is 5.73. The van der Waals surface area contributed by atoms with Crippen molar-refractivity contribution in [1.29, 1.82) is 0 Å². The Bertz CT molecular complexity index is 447. The summed E-state index contributed by atoms with van der Waals surface area (Å²) in [6.07, 6.45) is 3.36. The number of ether oxygens (including phenoxy) is 3. The highest BCUT2D eigenvalue weighted by atomic mass is 16.5. The molecule has 1 rings (SSSR count). The molecule has 0 aromatic heterocycles. The van der Waals surface area contributed by atoms with Crippen molar-refractivity contribution in [2.75, 3.05) is 40.6 Å². The smallest absolute Gasteiger partial charge is 0.225 e. The molecule has 1 aromatic carbocycles. The summed E-state index contributed by atoms with van der Waals surface area (Å²) in [5.41, 5.74) is 1.11. The minimum atomic E-state index is 0.144. The first kappa shape index (κ1) is 20.5. The van der Waals surface area contributed by atoms with Gasteiger partial charge in [0.15, 0.2) is 0 Å². The normalized spacial score (nSPS) is 10.6. The van der Waals surface area contributed by atoms with E-state index in [1.165, 1.54) is 0 Å². The van der Waals surface area contributed by atoms with Crippen LogP contribution < -0.4 is 4.74 Å².